The van der Waals surface area contributed by atoms with Crippen LogP contribution >= 0.6 is 24.5 Å². The van der Waals surface area contributed by atoms with E-state index < -0.39 is 13.2 Å². The van der Waals surface area contributed by atoms with Gasteiger partial charge in [0.1, 0.15) is 0 Å². The monoisotopic (exact) mass is 588 g/mol. The van der Waals surface area contributed by atoms with E-state index in [1.807, 2.05) is 146 Å². The second-order valence-electron chi connectivity index (χ2n) is 10.2. The summed E-state index contributed by atoms with van der Waals surface area (Å²) in [7, 11) is -3.50. The molecule has 0 amide bonds. The molecule has 1 nitrogen and oxygen atoms in total. The van der Waals surface area contributed by atoms with Crippen molar-refractivity contribution in [3.8, 4) is 0 Å². The number of benzene rings is 6. The van der Waals surface area contributed by atoms with Gasteiger partial charge in [-0.1, -0.05) is 0 Å². The molecule has 0 aromatic heterocycles. The summed E-state index contributed by atoms with van der Waals surface area (Å²) in [4.78, 5) is 16.6. The summed E-state index contributed by atoms with van der Waals surface area (Å²) >= 11 is 8.57. The molecule has 41 heavy (non-hydrogen) atoms. The topological polar surface area (TPSA) is 17.1 Å². The van der Waals surface area contributed by atoms with Crippen molar-refractivity contribution >= 4 is 61.6 Å². The van der Waals surface area contributed by atoms with Crippen molar-refractivity contribution in [2.24, 2.45) is 0 Å². The number of carbonyl (C=O) groups excluding carboxylic acids is 1. The minimum atomic E-state index is -4.36. The van der Waals surface area contributed by atoms with E-state index in [-0.39, 0.29) is 5.27 Å². The average molecular weight is 589 g/mol. The Kier molecular flexibility index (Phi) is 7.46. The molecule has 0 aliphatic heterocycles. The van der Waals surface area contributed by atoms with Gasteiger partial charge in [0.2, 0.25) is 0 Å². The SMILES string of the molecule is O=C([PH](c1ccccc1)(c1ccccc1)c1ccccc1)P(Cl)(c1ccccc1)(c1ccccc1)c1ccccc1. The van der Waals surface area contributed by atoms with E-state index in [0.29, 0.717) is 0 Å². The maximum atomic E-state index is 16.6. The number of halogens is 1. The molecule has 0 N–H and O–H groups in total. The van der Waals surface area contributed by atoms with E-state index in [2.05, 4.69) is 36.4 Å². The molecule has 4 heteroatoms. The predicted molar refractivity (Wildman–Crippen MR) is 183 cm³/mol. The van der Waals surface area contributed by atoms with Crippen molar-refractivity contribution in [2.75, 3.05) is 0 Å². The van der Waals surface area contributed by atoms with Crippen molar-refractivity contribution in [1.82, 2.24) is 0 Å². The minimum absolute atomic E-state index is 0.0948. The third kappa shape index (κ3) is 4.20. The van der Waals surface area contributed by atoms with Crippen LogP contribution in [0.3, 0.4) is 0 Å². The zero-order valence-electron chi connectivity index (χ0n) is 22.6. The second-order valence-corrected chi connectivity index (χ2v) is 20.3. The van der Waals surface area contributed by atoms with Crippen molar-refractivity contribution in [1.29, 1.82) is 0 Å². The van der Waals surface area contributed by atoms with Crippen LogP contribution in [0.2, 0.25) is 0 Å². The fourth-order valence-electron chi connectivity index (χ4n) is 6.17. The third-order valence-corrected chi connectivity index (χ3v) is 21.8. The Balaban J connectivity index is 1.87. The summed E-state index contributed by atoms with van der Waals surface area (Å²) in [6.45, 7) is 0. The predicted octanol–water partition coefficient (Wildman–Crippen LogP) is 7.52. The van der Waals surface area contributed by atoms with Crippen LogP contribution in [0.1, 0.15) is 0 Å². The Morgan fingerprint density at radius 1 is 0.390 bits per heavy atom. The van der Waals surface area contributed by atoms with E-state index >= 15 is 4.79 Å². The van der Waals surface area contributed by atoms with Crippen LogP contribution in [0.25, 0.3) is 0 Å². The molecule has 0 spiro atoms. The molecule has 0 unspecified atom stereocenters. The third-order valence-electron chi connectivity index (χ3n) is 8.05. The Morgan fingerprint density at radius 3 is 0.854 bits per heavy atom. The molecule has 0 aliphatic rings. The molecule has 0 saturated carbocycles. The van der Waals surface area contributed by atoms with Gasteiger partial charge >= 0.3 is 248 Å². The summed E-state index contributed by atoms with van der Waals surface area (Å²) in [5, 5.41) is 5.68. The first-order chi connectivity index (χ1) is 20.1. The zero-order valence-corrected chi connectivity index (χ0v) is 25.2. The summed E-state index contributed by atoms with van der Waals surface area (Å²) < 4.78 is 0. The summed E-state index contributed by atoms with van der Waals surface area (Å²) in [6, 6.07) is 61.1. The number of carbonyl (C=O) groups is 1. The average Bonchev–Trinajstić information content (AvgIpc) is 3.07. The molecule has 0 bridgehead atoms. The van der Waals surface area contributed by atoms with Gasteiger partial charge in [-0.3, -0.25) is 0 Å². The molecule has 6 aromatic rings. The zero-order chi connectivity index (χ0) is 28.2. The number of rotatable bonds is 8. The van der Waals surface area contributed by atoms with E-state index in [1.54, 1.807) is 0 Å². The first-order valence-corrected chi connectivity index (χ1v) is 18.9. The van der Waals surface area contributed by atoms with E-state index in [9.17, 15) is 0 Å². The van der Waals surface area contributed by atoms with Gasteiger partial charge in [0.25, 0.3) is 0 Å². The fourth-order valence-corrected chi connectivity index (χ4v) is 20.8. The Morgan fingerprint density at radius 2 is 0.610 bits per heavy atom. The van der Waals surface area contributed by atoms with E-state index in [4.69, 9.17) is 11.2 Å². The Labute approximate surface area is 247 Å². The van der Waals surface area contributed by atoms with E-state index in [1.165, 1.54) is 0 Å². The van der Waals surface area contributed by atoms with Crippen LogP contribution in [0.4, 0.5) is 4.79 Å². The van der Waals surface area contributed by atoms with Gasteiger partial charge in [0.05, 0.1) is 0 Å². The van der Waals surface area contributed by atoms with Crippen LogP contribution in [-0.2, 0) is 0 Å². The maximum absolute atomic E-state index is 16.6. The standard InChI is InChI=1S/C37H31ClOP2/c38-41(34-25-13-4-14-26-34,35-27-15-5-16-28-35,36-29-17-6-18-30-36)37(39)40(31-19-7-1-8-20-31,32-21-9-2-10-22-32)33-23-11-3-12-24-33/h1-30,40H. The molecule has 0 fully saturated rings. The first kappa shape index (κ1) is 27.3. The molecule has 0 heterocycles. The second kappa shape index (κ2) is 11.2. The van der Waals surface area contributed by atoms with Crippen molar-refractivity contribution in [3.05, 3.63) is 182 Å². The van der Waals surface area contributed by atoms with Crippen molar-refractivity contribution in [3.63, 3.8) is 0 Å². The van der Waals surface area contributed by atoms with Crippen LogP contribution in [0.15, 0.2) is 182 Å². The molecule has 0 radical (unpaired) electrons. The van der Waals surface area contributed by atoms with Gasteiger partial charge in [-0.05, 0) is 0 Å². The summed E-state index contributed by atoms with van der Waals surface area (Å²) in [5.74, 6) is -4.36. The molecule has 6 aromatic carbocycles. The van der Waals surface area contributed by atoms with E-state index in [0.717, 1.165) is 31.8 Å². The summed E-state index contributed by atoms with van der Waals surface area (Å²) in [6.07, 6.45) is 0. The quantitative estimate of drug-likeness (QED) is 0.168. The van der Waals surface area contributed by atoms with Gasteiger partial charge in [-0.2, -0.15) is 0 Å². The van der Waals surface area contributed by atoms with Crippen LogP contribution in [-0.4, -0.2) is 5.27 Å². The van der Waals surface area contributed by atoms with Gasteiger partial charge in [-0.25, -0.2) is 0 Å². The van der Waals surface area contributed by atoms with Crippen LogP contribution < -0.4 is 31.8 Å². The molecule has 0 atom stereocenters. The molecule has 6 rings (SSSR count). The molecular formula is C37H31ClOP2. The normalized spacial score (nSPS) is 13.0. The number of hydrogen-bond donors (Lipinski definition) is 0. The van der Waals surface area contributed by atoms with Crippen LogP contribution in [0.5, 0.6) is 0 Å². The van der Waals surface area contributed by atoms with Gasteiger partial charge < -0.3 is 0 Å². The van der Waals surface area contributed by atoms with Crippen LogP contribution in [0, 0.1) is 0 Å². The van der Waals surface area contributed by atoms with Gasteiger partial charge in [-0.15, -0.1) is 0 Å². The van der Waals surface area contributed by atoms with Gasteiger partial charge in [0, 0.05) is 0 Å². The Hall–Kier alpha value is -3.86. The molecule has 202 valence electrons. The molecule has 0 saturated heterocycles. The molecule has 0 aliphatic carbocycles. The van der Waals surface area contributed by atoms with Crippen molar-refractivity contribution < 1.29 is 4.79 Å². The molecular weight excluding hydrogens is 558 g/mol. The summed E-state index contributed by atoms with van der Waals surface area (Å²) in [5.41, 5.74) is 0. The fraction of sp³-hybridized carbons (Fsp3) is 0. The number of hydrogen-bond acceptors (Lipinski definition) is 1. The first-order valence-electron chi connectivity index (χ1n) is 13.7. The van der Waals surface area contributed by atoms with Gasteiger partial charge in [0.15, 0.2) is 0 Å². The van der Waals surface area contributed by atoms with Crippen molar-refractivity contribution in [2.45, 2.75) is 0 Å². The Bertz CT molecular complexity index is 1550.